The van der Waals surface area contributed by atoms with Crippen LogP contribution in [-0.2, 0) is 17.9 Å². The van der Waals surface area contributed by atoms with Crippen LogP contribution in [0.2, 0.25) is 0 Å². The zero-order chi connectivity index (χ0) is 26.2. The molecule has 2 amide bonds. The summed E-state index contributed by atoms with van der Waals surface area (Å²) in [5.74, 6) is -0.533. The number of carbonyl (C=O) groups excluding carboxylic acids is 1. The molecule has 0 unspecified atom stereocenters. The zero-order valence-electron chi connectivity index (χ0n) is 21.0. The standard InChI is InChI=1S/C27H33N5O5/c1-2-29-12-9-21-23(29)28-18-32(25(21)34)17-27(37)10-14-30(15-11-27)24(33)20-8-13-31(26(35)36)16-22(20)19-6-4-3-5-7-19/h3-7,9,12,18,20,22,37H,2,8,10-11,13-17H2,1H3,(H,35,36)/t20-,22+/m1/s1. The second-order valence-electron chi connectivity index (χ2n) is 10.2. The second-order valence-corrected chi connectivity index (χ2v) is 10.2. The third kappa shape index (κ3) is 4.85. The van der Waals surface area contributed by atoms with E-state index >= 15 is 0 Å². The molecule has 2 fully saturated rings. The molecule has 0 spiro atoms. The molecule has 10 heteroatoms. The number of benzene rings is 1. The number of piperidine rings is 2. The molecule has 2 aromatic heterocycles. The number of hydrogen-bond donors (Lipinski definition) is 2. The Hall–Kier alpha value is -3.66. The molecule has 10 nitrogen and oxygen atoms in total. The van der Waals surface area contributed by atoms with E-state index in [4.69, 9.17) is 0 Å². The molecule has 0 bridgehead atoms. The van der Waals surface area contributed by atoms with E-state index in [-0.39, 0.29) is 36.4 Å². The van der Waals surface area contributed by atoms with Crippen molar-refractivity contribution in [1.29, 1.82) is 0 Å². The molecular weight excluding hydrogens is 474 g/mol. The monoisotopic (exact) mass is 507 g/mol. The fraction of sp³-hybridized carbons (Fsp3) is 0.481. The number of likely N-dealkylation sites (tertiary alicyclic amines) is 2. The highest BCUT2D eigenvalue weighted by molar-refractivity contribution is 5.81. The average molecular weight is 508 g/mol. The van der Waals surface area contributed by atoms with Gasteiger partial charge in [0.05, 0.1) is 17.5 Å². The van der Waals surface area contributed by atoms with Crippen LogP contribution in [0.25, 0.3) is 11.0 Å². The molecule has 3 aromatic rings. The molecule has 2 saturated heterocycles. The average Bonchev–Trinajstić information content (AvgIpc) is 3.34. The van der Waals surface area contributed by atoms with E-state index < -0.39 is 11.7 Å². The summed E-state index contributed by atoms with van der Waals surface area (Å²) in [7, 11) is 0. The van der Waals surface area contributed by atoms with E-state index in [1.54, 1.807) is 11.0 Å². The quantitative estimate of drug-likeness (QED) is 0.547. The van der Waals surface area contributed by atoms with E-state index in [1.165, 1.54) is 15.8 Å². The molecule has 1 aromatic carbocycles. The number of aliphatic hydroxyl groups is 1. The highest BCUT2D eigenvalue weighted by Gasteiger charge is 2.41. The van der Waals surface area contributed by atoms with Gasteiger partial charge in [-0.2, -0.15) is 0 Å². The van der Waals surface area contributed by atoms with Crippen molar-refractivity contribution in [3.8, 4) is 0 Å². The van der Waals surface area contributed by atoms with Gasteiger partial charge in [-0.3, -0.25) is 14.2 Å². The summed E-state index contributed by atoms with van der Waals surface area (Å²) in [6.07, 6.45) is 3.53. The van der Waals surface area contributed by atoms with Gasteiger partial charge in [-0.25, -0.2) is 9.78 Å². The van der Waals surface area contributed by atoms with Crippen molar-refractivity contribution in [2.45, 2.75) is 50.8 Å². The van der Waals surface area contributed by atoms with Gasteiger partial charge >= 0.3 is 6.09 Å². The molecule has 2 atom stereocenters. The summed E-state index contributed by atoms with van der Waals surface area (Å²) in [6, 6.07) is 11.4. The Morgan fingerprint density at radius 1 is 1.05 bits per heavy atom. The van der Waals surface area contributed by atoms with Crippen LogP contribution in [0.4, 0.5) is 4.79 Å². The number of rotatable bonds is 5. The van der Waals surface area contributed by atoms with Crippen molar-refractivity contribution in [2.24, 2.45) is 5.92 Å². The van der Waals surface area contributed by atoms with Crippen molar-refractivity contribution >= 4 is 23.0 Å². The van der Waals surface area contributed by atoms with Gasteiger partial charge < -0.3 is 24.6 Å². The summed E-state index contributed by atoms with van der Waals surface area (Å²) in [4.78, 5) is 45.8. The number of hydrogen-bond acceptors (Lipinski definition) is 5. The van der Waals surface area contributed by atoms with Crippen LogP contribution < -0.4 is 5.56 Å². The molecular formula is C27H33N5O5. The van der Waals surface area contributed by atoms with E-state index in [0.717, 1.165) is 5.56 Å². The molecule has 37 heavy (non-hydrogen) atoms. The topological polar surface area (TPSA) is 121 Å². The molecule has 5 rings (SSSR count). The third-order valence-electron chi connectivity index (χ3n) is 7.98. The lowest BCUT2D eigenvalue weighted by atomic mass is 9.79. The van der Waals surface area contributed by atoms with Crippen molar-refractivity contribution in [3.05, 3.63) is 64.8 Å². The van der Waals surface area contributed by atoms with E-state index in [9.17, 15) is 24.6 Å². The number of aromatic nitrogens is 3. The van der Waals surface area contributed by atoms with Crippen LogP contribution in [0.3, 0.4) is 0 Å². The Labute approximate surface area is 214 Å². The minimum Gasteiger partial charge on any atom is -0.465 e. The first-order valence-electron chi connectivity index (χ1n) is 12.9. The van der Waals surface area contributed by atoms with Crippen molar-refractivity contribution in [1.82, 2.24) is 23.9 Å². The minimum atomic E-state index is -1.12. The van der Waals surface area contributed by atoms with Gasteiger partial charge in [-0.1, -0.05) is 30.3 Å². The molecule has 2 aliphatic rings. The predicted octanol–water partition coefficient (Wildman–Crippen LogP) is 2.36. The Bertz CT molecular complexity index is 1340. The number of carbonyl (C=O) groups is 2. The normalized spacial score (nSPS) is 21.8. The molecule has 0 radical (unpaired) electrons. The van der Waals surface area contributed by atoms with E-state index in [2.05, 4.69) is 4.98 Å². The summed E-state index contributed by atoms with van der Waals surface area (Å²) in [5.41, 5.74) is 0.298. The van der Waals surface area contributed by atoms with Gasteiger partial charge in [-0.15, -0.1) is 0 Å². The lowest BCUT2D eigenvalue weighted by Crippen LogP contribution is -2.53. The highest BCUT2D eigenvalue weighted by atomic mass is 16.4. The van der Waals surface area contributed by atoms with Crippen LogP contribution in [0.15, 0.2) is 53.7 Å². The van der Waals surface area contributed by atoms with Crippen molar-refractivity contribution in [2.75, 3.05) is 26.2 Å². The number of nitrogens with zero attached hydrogens (tertiary/aromatic N) is 5. The zero-order valence-corrected chi connectivity index (χ0v) is 21.0. The summed E-state index contributed by atoms with van der Waals surface area (Å²) in [5, 5.41) is 21.4. The number of fused-ring (bicyclic) bond motifs is 1. The van der Waals surface area contributed by atoms with Gasteiger partial charge in [0.25, 0.3) is 5.56 Å². The summed E-state index contributed by atoms with van der Waals surface area (Å²) >= 11 is 0. The van der Waals surface area contributed by atoms with Gasteiger partial charge in [0, 0.05) is 50.8 Å². The van der Waals surface area contributed by atoms with Crippen LogP contribution in [0.1, 0.15) is 37.7 Å². The van der Waals surface area contributed by atoms with Crippen LogP contribution in [0.5, 0.6) is 0 Å². The highest BCUT2D eigenvalue weighted by Crippen LogP contribution is 2.35. The molecule has 0 saturated carbocycles. The third-order valence-corrected chi connectivity index (χ3v) is 7.98. The smallest absolute Gasteiger partial charge is 0.407 e. The van der Waals surface area contributed by atoms with Crippen LogP contribution >= 0.6 is 0 Å². The summed E-state index contributed by atoms with van der Waals surface area (Å²) in [6.45, 7) is 4.20. The van der Waals surface area contributed by atoms with Crippen molar-refractivity contribution < 1.29 is 19.8 Å². The first kappa shape index (κ1) is 25.0. The summed E-state index contributed by atoms with van der Waals surface area (Å²) < 4.78 is 3.37. The molecule has 2 N–H and O–H groups in total. The fourth-order valence-electron chi connectivity index (χ4n) is 5.79. The maximum absolute atomic E-state index is 13.6. The fourth-order valence-corrected chi connectivity index (χ4v) is 5.79. The second kappa shape index (κ2) is 10.0. The maximum Gasteiger partial charge on any atom is 0.407 e. The van der Waals surface area contributed by atoms with E-state index in [0.29, 0.717) is 56.5 Å². The maximum atomic E-state index is 13.6. The van der Waals surface area contributed by atoms with Gasteiger partial charge in [0.2, 0.25) is 5.91 Å². The van der Waals surface area contributed by atoms with E-state index in [1.807, 2.05) is 48.0 Å². The number of carboxylic acid groups (broad SMARTS) is 1. The SMILES string of the molecule is CCn1ccc2c(=O)n(CC3(O)CCN(C(=O)[C@@H]4CCN(C(=O)O)C[C@H]4c4ccccc4)CC3)cnc21. The lowest BCUT2D eigenvalue weighted by molar-refractivity contribution is -0.142. The molecule has 4 heterocycles. The van der Waals surface area contributed by atoms with Gasteiger partial charge in [0.1, 0.15) is 12.0 Å². The molecule has 2 aliphatic heterocycles. The minimum absolute atomic E-state index is 0.00194. The lowest BCUT2D eigenvalue weighted by Gasteiger charge is -2.42. The molecule has 0 aliphatic carbocycles. The first-order chi connectivity index (χ1) is 17.8. The molecule has 196 valence electrons. The number of amides is 2. The van der Waals surface area contributed by atoms with Crippen molar-refractivity contribution in [3.63, 3.8) is 0 Å². The predicted molar refractivity (Wildman–Crippen MR) is 137 cm³/mol. The first-order valence-corrected chi connectivity index (χ1v) is 12.9. The largest absolute Gasteiger partial charge is 0.465 e. The van der Waals surface area contributed by atoms with Crippen LogP contribution in [0, 0.1) is 5.92 Å². The van der Waals surface area contributed by atoms with Crippen LogP contribution in [-0.4, -0.2) is 77.9 Å². The Morgan fingerprint density at radius 2 is 1.78 bits per heavy atom. The Balaban J connectivity index is 1.28. The Morgan fingerprint density at radius 3 is 2.46 bits per heavy atom. The number of aryl methyl sites for hydroxylation is 1. The Kier molecular flexibility index (Phi) is 6.76. The van der Waals surface area contributed by atoms with Gasteiger partial charge in [-0.05, 0) is 37.8 Å². The van der Waals surface area contributed by atoms with Gasteiger partial charge in [0.15, 0.2) is 0 Å².